The Balaban J connectivity index is 1.70. The van der Waals surface area contributed by atoms with Gasteiger partial charge in [-0.05, 0) is 37.5 Å². The molecule has 5 nitrogen and oxygen atoms in total. The molecule has 7 heteroatoms. The average Bonchev–Trinajstić information content (AvgIpc) is 3.03. The lowest BCUT2D eigenvalue weighted by molar-refractivity contribution is -0.138. The predicted octanol–water partition coefficient (Wildman–Crippen LogP) is 4.19. The fourth-order valence-corrected chi connectivity index (χ4v) is 4.75. The number of thiophene rings is 1. The molecule has 1 aliphatic rings. The van der Waals surface area contributed by atoms with Crippen LogP contribution in [0.15, 0.2) is 18.2 Å². The Morgan fingerprint density at radius 3 is 2.67 bits per heavy atom. The minimum Gasteiger partial charge on any atom is -0.451 e. The number of hydrogen-bond acceptors (Lipinski definition) is 5. The summed E-state index contributed by atoms with van der Waals surface area (Å²) in [6, 6.07) is 6.96. The van der Waals surface area contributed by atoms with Crippen LogP contribution in [0.5, 0.6) is 0 Å². The highest BCUT2D eigenvalue weighted by Crippen LogP contribution is 2.34. The summed E-state index contributed by atoms with van der Waals surface area (Å²) in [6.45, 7) is 1.23. The monoisotopic (exact) mass is 388 g/mol. The molecule has 142 valence electrons. The van der Waals surface area contributed by atoms with E-state index in [0.29, 0.717) is 33.4 Å². The summed E-state index contributed by atoms with van der Waals surface area (Å²) in [5.41, 5.74) is -0.307. The van der Waals surface area contributed by atoms with Gasteiger partial charge in [-0.3, -0.25) is 4.79 Å². The number of hydrogen-bond donors (Lipinski definition) is 0. The van der Waals surface area contributed by atoms with E-state index in [1.807, 2.05) is 0 Å². The molecule has 1 aliphatic carbocycles. The Morgan fingerprint density at radius 1 is 1.33 bits per heavy atom. The van der Waals surface area contributed by atoms with Gasteiger partial charge in [-0.15, -0.1) is 11.3 Å². The van der Waals surface area contributed by atoms with Crippen LogP contribution in [0.1, 0.15) is 47.3 Å². The number of likely N-dealkylation sites (N-methyl/N-ethyl adjacent to an activating group) is 1. The largest absolute Gasteiger partial charge is 0.451 e. The quantitative estimate of drug-likeness (QED) is 0.737. The maximum absolute atomic E-state index is 14.0. The number of nitriles is 1. The summed E-state index contributed by atoms with van der Waals surface area (Å²) < 4.78 is 19.8. The number of rotatable bonds is 4. The van der Waals surface area contributed by atoms with E-state index in [1.54, 1.807) is 26.1 Å². The molecule has 1 fully saturated rings. The second-order valence-electron chi connectivity index (χ2n) is 6.90. The molecule has 3 rings (SSSR count). The van der Waals surface area contributed by atoms with E-state index in [9.17, 15) is 19.2 Å². The number of fused-ring (bicyclic) bond motifs is 1. The number of aryl methyl sites for hydroxylation is 1. The third-order valence-corrected chi connectivity index (χ3v) is 6.56. The van der Waals surface area contributed by atoms with Crippen LogP contribution in [-0.4, -0.2) is 36.0 Å². The highest BCUT2D eigenvalue weighted by atomic mass is 32.1. The summed E-state index contributed by atoms with van der Waals surface area (Å²) in [4.78, 5) is 26.6. The van der Waals surface area contributed by atoms with E-state index < -0.39 is 24.0 Å². The molecule has 0 radical (unpaired) electrons. The first-order valence-electron chi connectivity index (χ1n) is 8.92. The summed E-state index contributed by atoms with van der Waals surface area (Å²) in [5.74, 6) is -1.44. The predicted molar refractivity (Wildman–Crippen MR) is 101 cm³/mol. The molecule has 0 N–H and O–H groups in total. The van der Waals surface area contributed by atoms with E-state index >= 15 is 0 Å². The van der Waals surface area contributed by atoms with Crippen LogP contribution >= 0.6 is 11.3 Å². The molecule has 27 heavy (non-hydrogen) atoms. The average molecular weight is 388 g/mol. The summed E-state index contributed by atoms with van der Waals surface area (Å²) in [7, 11) is 1.59. The first-order chi connectivity index (χ1) is 12.9. The van der Waals surface area contributed by atoms with E-state index in [4.69, 9.17) is 4.74 Å². The Hall–Kier alpha value is -2.46. The SMILES string of the molecule is Cc1c(C(=O)OCC(=O)N(C)C2(C#N)CCCCC2)sc2cccc(F)c12. The number of nitrogens with zero attached hydrogens (tertiary/aromatic N) is 2. The minimum atomic E-state index is -0.821. The fourth-order valence-electron chi connectivity index (χ4n) is 3.64. The number of esters is 1. The highest BCUT2D eigenvalue weighted by Gasteiger charge is 2.39. The zero-order valence-corrected chi connectivity index (χ0v) is 16.2. The van der Waals surface area contributed by atoms with Gasteiger partial charge in [-0.2, -0.15) is 5.26 Å². The first kappa shape index (κ1) is 19.3. The summed E-state index contributed by atoms with van der Waals surface area (Å²) in [6.07, 6.45) is 4.13. The van der Waals surface area contributed by atoms with Crippen LogP contribution < -0.4 is 0 Å². The highest BCUT2D eigenvalue weighted by molar-refractivity contribution is 7.21. The number of benzene rings is 1. The second-order valence-corrected chi connectivity index (χ2v) is 7.95. The van der Waals surface area contributed by atoms with E-state index in [2.05, 4.69) is 6.07 Å². The first-order valence-corrected chi connectivity index (χ1v) is 9.74. The zero-order valence-electron chi connectivity index (χ0n) is 15.4. The molecule has 0 spiro atoms. The summed E-state index contributed by atoms with van der Waals surface area (Å²) in [5, 5.41) is 9.98. The molecule has 1 saturated carbocycles. The number of amides is 1. The Morgan fingerprint density at radius 2 is 2.04 bits per heavy atom. The van der Waals surface area contributed by atoms with E-state index in [0.717, 1.165) is 30.6 Å². The Bertz CT molecular complexity index is 925. The lowest BCUT2D eigenvalue weighted by Gasteiger charge is -2.38. The van der Waals surface area contributed by atoms with Gasteiger partial charge in [0.2, 0.25) is 0 Å². The smallest absolute Gasteiger partial charge is 0.349 e. The van der Waals surface area contributed by atoms with Gasteiger partial charge in [-0.1, -0.05) is 25.3 Å². The molecular formula is C20H21FN2O3S. The number of halogens is 1. The van der Waals surface area contributed by atoms with Crippen LogP contribution in [0, 0.1) is 24.1 Å². The number of carbonyl (C=O) groups excluding carboxylic acids is 2. The van der Waals surface area contributed by atoms with E-state index in [-0.39, 0.29) is 5.82 Å². The molecule has 2 aromatic rings. The number of carbonyl (C=O) groups is 2. The van der Waals surface area contributed by atoms with Gasteiger partial charge < -0.3 is 9.64 Å². The Kier molecular flexibility index (Phi) is 5.47. The zero-order chi connectivity index (χ0) is 19.6. The molecule has 0 bridgehead atoms. The molecule has 1 aromatic heterocycles. The van der Waals surface area contributed by atoms with Gasteiger partial charge in [0, 0.05) is 17.1 Å². The van der Waals surface area contributed by atoms with Gasteiger partial charge in [0.15, 0.2) is 6.61 Å². The number of ether oxygens (including phenoxy) is 1. The van der Waals surface area contributed by atoms with Crippen molar-refractivity contribution in [3.05, 3.63) is 34.5 Å². The van der Waals surface area contributed by atoms with Crippen LogP contribution in [0.2, 0.25) is 0 Å². The molecule has 0 atom stereocenters. The van der Waals surface area contributed by atoms with Crippen LogP contribution in [0.25, 0.3) is 10.1 Å². The second kappa shape index (κ2) is 7.65. The van der Waals surface area contributed by atoms with Crippen molar-refractivity contribution in [1.29, 1.82) is 5.26 Å². The molecular weight excluding hydrogens is 367 g/mol. The standard InChI is InChI=1S/C20H21FN2O3S/c1-13-17-14(21)7-6-8-15(17)27-18(13)19(25)26-11-16(24)23(2)20(12-22)9-4-3-5-10-20/h6-8H,3-5,9-11H2,1-2H3. The van der Waals surface area contributed by atoms with Gasteiger partial charge in [0.05, 0.1) is 6.07 Å². The van der Waals surface area contributed by atoms with Crippen LogP contribution in [-0.2, 0) is 9.53 Å². The van der Waals surface area contributed by atoms with Crippen molar-refractivity contribution >= 4 is 33.3 Å². The molecule has 0 saturated heterocycles. The Labute approximate surface area is 161 Å². The van der Waals surface area contributed by atoms with Crippen molar-refractivity contribution in [2.45, 2.75) is 44.6 Å². The van der Waals surface area contributed by atoms with Crippen LogP contribution in [0.3, 0.4) is 0 Å². The molecule has 0 unspecified atom stereocenters. The third-order valence-electron chi connectivity index (χ3n) is 5.32. The maximum Gasteiger partial charge on any atom is 0.349 e. The van der Waals surface area contributed by atoms with Crippen molar-refractivity contribution in [2.24, 2.45) is 0 Å². The normalized spacial score (nSPS) is 15.9. The molecule has 1 heterocycles. The van der Waals surface area contributed by atoms with E-state index in [1.165, 1.54) is 11.0 Å². The van der Waals surface area contributed by atoms with Crippen molar-refractivity contribution in [2.75, 3.05) is 13.7 Å². The fraction of sp³-hybridized carbons (Fsp3) is 0.450. The van der Waals surface area contributed by atoms with Crippen molar-refractivity contribution in [3.63, 3.8) is 0 Å². The minimum absolute atomic E-state index is 0.290. The molecule has 1 amide bonds. The van der Waals surface area contributed by atoms with Gasteiger partial charge >= 0.3 is 5.97 Å². The van der Waals surface area contributed by atoms with Crippen molar-refractivity contribution in [1.82, 2.24) is 4.90 Å². The lowest BCUT2D eigenvalue weighted by Crippen LogP contribution is -2.51. The van der Waals surface area contributed by atoms with Crippen molar-refractivity contribution < 1.29 is 18.7 Å². The lowest BCUT2D eigenvalue weighted by atomic mass is 9.81. The summed E-state index contributed by atoms with van der Waals surface area (Å²) >= 11 is 1.15. The van der Waals surface area contributed by atoms with Gasteiger partial charge in [0.25, 0.3) is 5.91 Å². The third kappa shape index (κ3) is 3.54. The maximum atomic E-state index is 14.0. The van der Waals surface area contributed by atoms with Crippen LogP contribution in [0.4, 0.5) is 4.39 Å². The van der Waals surface area contributed by atoms with Crippen molar-refractivity contribution in [3.8, 4) is 6.07 Å². The van der Waals surface area contributed by atoms with Gasteiger partial charge in [0.1, 0.15) is 16.2 Å². The molecule has 0 aliphatic heterocycles. The topological polar surface area (TPSA) is 70.4 Å². The molecule has 1 aromatic carbocycles. The van der Waals surface area contributed by atoms with Gasteiger partial charge in [-0.25, -0.2) is 9.18 Å².